The van der Waals surface area contributed by atoms with E-state index in [-0.39, 0.29) is 12.3 Å². The number of rotatable bonds is 0. The van der Waals surface area contributed by atoms with Gasteiger partial charge in [-0.15, -0.1) is 0 Å². The third kappa shape index (κ3) is 1.24. The zero-order chi connectivity index (χ0) is 12.0. The van der Waals surface area contributed by atoms with E-state index in [1.165, 1.54) is 0 Å². The largest absolute Gasteiger partial charge is 0.326 e. The van der Waals surface area contributed by atoms with Gasteiger partial charge in [-0.2, -0.15) is 0 Å². The van der Waals surface area contributed by atoms with Gasteiger partial charge in [0.1, 0.15) is 0 Å². The molecular weight excluding hydrogens is 222 g/mol. The quantitative estimate of drug-likeness (QED) is 0.552. The molecule has 2 aliphatic rings. The second-order valence-corrected chi connectivity index (χ2v) is 4.08. The lowest BCUT2D eigenvalue weighted by Gasteiger charge is -2.32. The number of urea groups is 1. The fourth-order valence-corrected chi connectivity index (χ4v) is 2.30. The van der Waals surface area contributed by atoms with Gasteiger partial charge in [0.2, 0.25) is 5.91 Å². The van der Waals surface area contributed by atoms with E-state index in [2.05, 4.69) is 16.0 Å². The molecule has 1 fully saturated rings. The van der Waals surface area contributed by atoms with Crippen molar-refractivity contribution >= 4 is 23.5 Å². The van der Waals surface area contributed by atoms with Gasteiger partial charge in [0.25, 0.3) is 5.91 Å². The lowest BCUT2D eigenvalue weighted by atomic mass is 9.82. The molecule has 86 valence electrons. The monoisotopic (exact) mass is 231 g/mol. The van der Waals surface area contributed by atoms with Gasteiger partial charge in [0, 0.05) is 11.3 Å². The molecule has 0 radical (unpaired) electrons. The summed E-state index contributed by atoms with van der Waals surface area (Å²) in [5.41, 5.74) is -0.0835. The zero-order valence-electron chi connectivity index (χ0n) is 8.74. The molecule has 0 aromatic heterocycles. The summed E-state index contributed by atoms with van der Waals surface area (Å²) in [6.45, 7) is 0. The van der Waals surface area contributed by atoms with Crippen LogP contribution in [0.5, 0.6) is 0 Å². The van der Waals surface area contributed by atoms with Crippen molar-refractivity contribution in [3.8, 4) is 0 Å². The molecule has 6 nitrogen and oxygen atoms in total. The highest BCUT2D eigenvalue weighted by atomic mass is 16.2. The highest BCUT2D eigenvalue weighted by molar-refractivity contribution is 6.12. The van der Waals surface area contributed by atoms with Crippen LogP contribution in [0, 0.1) is 0 Å². The summed E-state index contributed by atoms with van der Waals surface area (Å²) in [5.74, 6) is -0.772. The Bertz CT molecular complexity index is 555. The fraction of sp³-hybridized carbons (Fsp3) is 0.182. The molecule has 1 saturated heterocycles. The van der Waals surface area contributed by atoms with Gasteiger partial charge < -0.3 is 10.6 Å². The van der Waals surface area contributed by atoms with Crippen LogP contribution in [0.2, 0.25) is 0 Å². The maximum absolute atomic E-state index is 11.9. The standard InChI is InChI=1S/C11H9N3O3/c15-8-5-11(9(16)13-10(17)14-11)6-3-1-2-4-7(6)12-8/h1-4H,5H2,(H,12,15)(H2,13,14,16,17). The third-order valence-electron chi connectivity index (χ3n) is 3.03. The van der Waals surface area contributed by atoms with Crippen molar-refractivity contribution in [1.29, 1.82) is 0 Å². The maximum atomic E-state index is 11.9. The van der Waals surface area contributed by atoms with Crippen molar-refractivity contribution in [3.63, 3.8) is 0 Å². The Morgan fingerprint density at radius 1 is 1.06 bits per heavy atom. The SMILES string of the molecule is O=C1CC2(NC(=O)NC2=O)c2ccccc2N1. The Morgan fingerprint density at radius 2 is 1.82 bits per heavy atom. The van der Waals surface area contributed by atoms with Crippen LogP contribution < -0.4 is 16.0 Å². The molecule has 2 heterocycles. The molecule has 2 aliphatic heterocycles. The highest BCUT2D eigenvalue weighted by Gasteiger charge is 2.52. The molecule has 1 unspecified atom stereocenters. The summed E-state index contributed by atoms with van der Waals surface area (Å²) in [6.07, 6.45) is -0.0818. The minimum atomic E-state index is -1.25. The number of carbonyl (C=O) groups is 3. The average molecular weight is 231 g/mol. The lowest BCUT2D eigenvalue weighted by molar-refractivity contribution is -0.129. The van der Waals surface area contributed by atoms with E-state index in [9.17, 15) is 14.4 Å². The van der Waals surface area contributed by atoms with Gasteiger partial charge in [-0.25, -0.2) is 4.79 Å². The number of carbonyl (C=O) groups excluding carboxylic acids is 3. The first-order valence-electron chi connectivity index (χ1n) is 5.15. The molecule has 4 amide bonds. The first kappa shape index (κ1) is 9.83. The van der Waals surface area contributed by atoms with E-state index in [0.717, 1.165) is 0 Å². The minimum Gasteiger partial charge on any atom is -0.326 e. The summed E-state index contributed by atoms with van der Waals surface area (Å²) in [4.78, 5) is 34.8. The van der Waals surface area contributed by atoms with Crippen molar-refractivity contribution in [1.82, 2.24) is 10.6 Å². The predicted octanol–water partition coefficient (Wildman–Crippen LogP) is 0.0635. The zero-order valence-corrected chi connectivity index (χ0v) is 8.74. The van der Waals surface area contributed by atoms with Gasteiger partial charge in [-0.3, -0.25) is 14.9 Å². The van der Waals surface area contributed by atoms with Crippen LogP contribution in [0.15, 0.2) is 24.3 Å². The summed E-state index contributed by atoms with van der Waals surface area (Å²) >= 11 is 0. The van der Waals surface area contributed by atoms with Gasteiger partial charge in [-0.1, -0.05) is 18.2 Å². The number of anilines is 1. The number of benzene rings is 1. The van der Waals surface area contributed by atoms with Crippen LogP contribution in [0.25, 0.3) is 0 Å². The number of para-hydroxylation sites is 1. The first-order valence-corrected chi connectivity index (χ1v) is 5.15. The number of nitrogens with one attached hydrogen (secondary N) is 3. The molecule has 1 aromatic rings. The minimum absolute atomic E-state index is 0.0818. The molecule has 6 heteroatoms. The average Bonchev–Trinajstić information content (AvgIpc) is 2.54. The van der Waals surface area contributed by atoms with Gasteiger partial charge in [0.05, 0.1) is 6.42 Å². The van der Waals surface area contributed by atoms with Gasteiger partial charge in [-0.05, 0) is 6.07 Å². The molecule has 0 saturated carbocycles. The summed E-state index contributed by atoms with van der Waals surface area (Å²) in [5, 5.41) is 7.39. The molecule has 0 aliphatic carbocycles. The predicted molar refractivity (Wildman–Crippen MR) is 58.0 cm³/mol. The van der Waals surface area contributed by atoms with Crippen LogP contribution >= 0.6 is 0 Å². The van der Waals surface area contributed by atoms with Crippen LogP contribution in [-0.2, 0) is 15.1 Å². The first-order chi connectivity index (χ1) is 8.12. The molecule has 17 heavy (non-hydrogen) atoms. The summed E-state index contributed by atoms with van der Waals surface area (Å²) in [7, 11) is 0. The molecule has 3 rings (SSSR count). The number of fused-ring (bicyclic) bond motifs is 2. The smallest absolute Gasteiger partial charge is 0.322 e. The van der Waals surface area contributed by atoms with Crippen molar-refractivity contribution in [2.24, 2.45) is 0 Å². The van der Waals surface area contributed by atoms with Crippen LogP contribution in [-0.4, -0.2) is 17.8 Å². The Labute approximate surface area is 96.4 Å². The van der Waals surface area contributed by atoms with Gasteiger partial charge in [0.15, 0.2) is 5.54 Å². The number of imide groups is 1. The van der Waals surface area contributed by atoms with E-state index in [1.54, 1.807) is 24.3 Å². The van der Waals surface area contributed by atoms with E-state index in [1.807, 2.05) is 0 Å². The van der Waals surface area contributed by atoms with Crippen molar-refractivity contribution in [2.45, 2.75) is 12.0 Å². The third-order valence-corrected chi connectivity index (χ3v) is 3.03. The number of amides is 4. The number of hydrogen-bond donors (Lipinski definition) is 3. The van der Waals surface area contributed by atoms with E-state index >= 15 is 0 Å². The Balaban J connectivity index is 2.21. The van der Waals surface area contributed by atoms with Crippen LogP contribution in [0.3, 0.4) is 0 Å². The normalized spacial score (nSPS) is 26.2. The second kappa shape index (κ2) is 3.07. The van der Waals surface area contributed by atoms with Crippen LogP contribution in [0.4, 0.5) is 10.5 Å². The van der Waals surface area contributed by atoms with Crippen molar-refractivity contribution < 1.29 is 14.4 Å². The van der Waals surface area contributed by atoms with Crippen molar-refractivity contribution in [2.75, 3.05) is 5.32 Å². The molecule has 0 bridgehead atoms. The molecule has 1 aromatic carbocycles. The number of hydrogen-bond acceptors (Lipinski definition) is 3. The topological polar surface area (TPSA) is 87.3 Å². The molecular formula is C11H9N3O3. The molecule has 1 atom stereocenters. The van der Waals surface area contributed by atoms with E-state index < -0.39 is 17.5 Å². The Hall–Kier alpha value is -2.37. The van der Waals surface area contributed by atoms with E-state index in [4.69, 9.17) is 0 Å². The van der Waals surface area contributed by atoms with Crippen molar-refractivity contribution in [3.05, 3.63) is 29.8 Å². The summed E-state index contributed by atoms with van der Waals surface area (Å²) in [6, 6.07) is 6.37. The van der Waals surface area contributed by atoms with Gasteiger partial charge >= 0.3 is 6.03 Å². The molecule has 3 N–H and O–H groups in total. The maximum Gasteiger partial charge on any atom is 0.322 e. The fourth-order valence-electron chi connectivity index (χ4n) is 2.30. The van der Waals surface area contributed by atoms with E-state index in [0.29, 0.717) is 11.3 Å². The lowest BCUT2D eigenvalue weighted by Crippen LogP contribution is -2.49. The molecule has 1 spiro atoms. The summed E-state index contributed by atoms with van der Waals surface area (Å²) < 4.78 is 0. The highest BCUT2D eigenvalue weighted by Crippen LogP contribution is 2.37. The van der Waals surface area contributed by atoms with Crippen LogP contribution in [0.1, 0.15) is 12.0 Å². The second-order valence-electron chi connectivity index (χ2n) is 4.08. The Morgan fingerprint density at radius 3 is 2.53 bits per heavy atom. The Kier molecular flexibility index (Phi) is 1.77.